The smallest absolute Gasteiger partial charge is 0.190 e. The van der Waals surface area contributed by atoms with Crippen molar-refractivity contribution in [2.75, 3.05) is 18.2 Å². The highest BCUT2D eigenvalue weighted by atomic mass is 35.5. The van der Waals surface area contributed by atoms with Crippen molar-refractivity contribution in [2.45, 2.75) is 43.3 Å². The predicted octanol–water partition coefficient (Wildman–Crippen LogP) is 3.62. The van der Waals surface area contributed by atoms with Gasteiger partial charge in [0.25, 0.3) is 0 Å². The SMILES string of the molecule is CSc1nc(Cl)cc(N(C)C2CCCCC2)n1. The van der Waals surface area contributed by atoms with Crippen molar-refractivity contribution in [3.05, 3.63) is 11.2 Å². The van der Waals surface area contributed by atoms with Gasteiger partial charge in [0.15, 0.2) is 5.16 Å². The second-order valence-corrected chi connectivity index (χ2v) is 5.60. The second kappa shape index (κ2) is 5.91. The van der Waals surface area contributed by atoms with Gasteiger partial charge in [-0.25, -0.2) is 9.97 Å². The fourth-order valence-corrected chi connectivity index (χ4v) is 2.92. The van der Waals surface area contributed by atoms with Gasteiger partial charge >= 0.3 is 0 Å². The molecule has 1 heterocycles. The van der Waals surface area contributed by atoms with E-state index in [4.69, 9.17) is 11.6 Å². The lowest BCUT2D eigenvalue weighted by atomic mass is 9.94. The lowest BCUT2D eigenvalue weighted by Gasteiger charge is -2.32. The largest absolute Gasteiger partial charge is 0.357 e. The van der Waals surface area contributed by atoms with Gasteiger partial charge in [0.2, 0.25) is 0 Å². The fourth-order valence-electron chi connectivity index (χ4n) is 2.31. The molecule has 0 N–H and O–H groups in total. The Morgan fingerprint density at radius 3 is 2.65 bits per heavy atom. The Bertz CT molecular complexity index is 380. The average Bonchev–Trinajstić information content (AvgIpc) is 2.38. The van der Waals surface area contributed by atoms with E-state index in [0.717, 1.165) is 11.0 Å². The molecule has 0 radical (unpaired) electrons. The number of thioether (sulfide) groups is 1. The summed E-state index contributed by atoms with van der Waals surface area (Å²) in [5.41, 5.74) is 0. The summed E-state index contributed by atoms with van der Waals surface area (Å²) in [6, 6.07) is 2.46. The zero-order valence-corrected chi connectivity index (χ0v) is 11.9. The van der Waals surface area contributed by atoms with Gasteiger partial charge in [0, 0.05) is 19.2 Å². The minimum absolute atomic E-state index is 0.530. The molecule has 94 valence electrons. The van der Waals surface area contributed by atoms with Gasteiger partial charge in [0.1, 0.15) is 11.0 Å². The maximum Gasteiger partial charge on any atom is 0.190 e. The second-order valence-electron chi connectivity index (χ2n) is 4.44. The van der Waals surface area contributed by atoms with Gasteiger partial charge in [-0.1, -0.05) is 42.6 Å². The number of halogens is 1. The van der Waals surface area contributed by atoms with E-state index in [-0.39, 0.29) is 0 Å². The van der Waals surface area contributed by atoms with Crippen molar-refractivity contribution in [3.8, 4) is 0 Å². The molecule has 3 nitrogen and oxygen atoms in total. The highest BCUT2D eigenvalue weighted by Crippen LogP contribution is 2.27. The Balaban J connectivity index is 2.17. The van der Waals surface area contributed by atoms with Crippen LogP contribution < -0.4 is 4.90 Å². The van der Waals surface area contributed by atoms with Crippen molar-refractivity contribution in [1.82, 2.24) is 9.97 Å². The Morgan fingerprint density at radius 2 is 2.00 bits per heavy atom. The molecule has 1 aliphatic rings. The molecule has 0 amide bonds. The maximum absolute atomic E-state index is 6.02. The molecule has 5 heteroatoms. The summed E-state index contributed by atoms with van der Waals surface area (Å²) in [5.74, 6) is 0.946. The predicted molar refractivity (Wildman–Crippen MR) is 74.1 cm³/mol. The average molecular weight is 272 g/mol. The highest BCUT2D eigenvalue weighted by Gasteiger charge is 2.19. The normalized spacial score (nSPS) is 17.1. The zero-order valence-electron chi connectivity index (χ0n) is 10.3. The molecular formula is C12H18ClN3S. The minimum Gasteiger partial charge on any atom is -0.357 e. The number of anilines is 1. The van der Waals surface area contributed by atoms with Crippen molar-refractivity contribution >= 4 is 29.2 Å². The third kappa shape index (κ3) is 3.26. The van der Waals surface area contributed by atoms with Crippen molar-refractivity contribution in [3.63, 3.8) is 0 Å². The van der Waals surface area contributed by atoms with Gasteiger partial charge in [-0.3, -0.25) is 0 Å². The van der Waals surface area contributed by atoms with Crippen LogP contribution in [-0.4, -0.2) is 29.3 Å². The first-order valence-corrected chi connectivity index (χ1v) is 7.62. The van der Waals surface area contributed by atoms with E-state index in [1.165, 1.54) is 43.9 Å². The van der Waals surface area contributed by atoms with Crippen LogP contribution in [0, 0.1) is 0 Å². The van der Waals surface area contributed by atoms with Crippen LogP contribution >= 0.6 is 23.4 Å². The summed E-state index contributed by atoms with van der Waals surface area (Å²) in [6.07, 6.45) is 8.49. The number of hydrogen-bond acceptors (Lipinski definition) is 4. The Labute approximate surface area is 112 Å². The first kappa shape index (κ1) is 13.0. The topological polar surface area (TPSA) is 29.0 Å². The molecule has 0 bridgehead atoms. The van der Waals surface area contributed by atoms with Crippen molar-refractivity contribution in [2.24, 2.45) is 0 Å². The molecule has 0 unspecified atom stereocenters. The van der Waals surface area contributed by atoms with Gasteiger partial charge in [-0.15, -0.1) is 0 Å². The molecule has 0 aliphatic heterocycles. The molecule has 17 heavy (non-hydrogen) atoms. The minimum atomic E-state index is 0.530. The third-order valence-corrected chi connectivity index (χ3v) is 4.07. The Morgan fingerprint density at radius 1 is 1.29 bits per heavy atom. The van der Waals surface area contributed by atoms with Crippen LogP contribution in [0.5, 0.6) is 0 Å². The summed E-state index contributed by atoms with van der Waals surface area (Å²) >= 11 is 7.55. The third-order valence-electron chi connectivity index (χ3n) is 3.33. The molecule has 0 saturated heterocycles. The van der Waals surface area contributed by atoms with Gasteiger partial charge in [-0.05, 0) is 19.1 Å². The van der Waals surface area contributed by atoms with E-state index >= 15 is 0 Å². The van der Waals surface area contributed by atoms with E-state index in [2.05, 4.69) is 21.9 Å². The first-order valence-electron chi connectivity index (χ1n) is 6.02. The summed E-state index contributed by atoms with van der Waals surface area (Å²) in [5, 5.41) is 1.28. The summed E-state index contributed by atoms with van der Waals surface area (Å²) in [7, 11) is 2.11. The molecule has 1 fully saturated rings. The van der Waals surface area contributed by atoms with Crippen LogP contribution in [-0.2, 0) is 0 Å². The van der Waals surface area contributed by atoms with Crippen LogP contribution in [0.25, 0.3) is 0 Å². The first-order chi connectivity index (χ1) is 8.20. The van der Waals surface area contributed by atoms with Gasteiger partial charge in [-0.2, -0.15) is 0 Å². The molecule has 0 atom stereocenters. The van der Waals surface area contributed by atoms with Crippen LogP contribution in [0.3, 0.4) is 0 Å². The molecule has 1 aromatic heterocycles. The Kier molecular flexibility index (Phi) is 4.51. The number of aromatic nitrogens is 2. The van der Waals surface area contributed by atoms with Crippen molar-refractivity contribution < 1.29 is 0 Å². The molecule has 2 rings (SSSR count). The number of rotatable bonds is 3. The van der Waals surface area contributed by atoms with E-state index < -0.39 is 0 Å². The van der Waals surface area contributed by atoms with Crippen LogP contribution in [0.2, 0.25) is 5.15 Å². The van der Waals surface area contributed by atoms with E-state index in [1.54, 1.807) is 0 Å². The Hall–Kier alpha value is -0.480. The fraction of sp³-hybridized carbons (Fsp3) is 0.667. The van der Waals surface area contributed by atoms with Crippen LogP contribution in [0.15, 0.2) is 11.2 Å². The van der Waals surface area contributed by atoms with E-state index in [9.17, 15) is 0 Å². The maximum atomic E-state index is 6.02. The lowest BCUT2D eigenvalue weighted by Crippen LogP contribution is -2.34. The molecule has 0 spiro atoms. The monoisotopic (exact) mass is 271 g/mol. The quantitative estimate of drug-likeness (QED) is 0.477. The van der Waals surface area contributed by atoms with Crippen molar-refractivity contribution in [1.29, 1.82) is 0 Å². The molecular weight excluding hydrogens is 254 g/mol. The molecule has 1 aliphatic carbocycles. The lowest BCUT2D eigenvalue weighted by molar-refractivity contribution is 0.425. The van der Waals surface area contributed by atoms with E-state index in [1.807, 2.05) is 12.3 Å². The molecule has 0 aromatic carbocycles. The number of nitrogens with zero attached hydrogens (tertiary/aromatic N) is 3. The summed E-state index contributed by atoms with van der Waals surface area (Å²) in [6.45, 7) is 0. The van der Waals surface area contributed by atoms with Gasteiger partial charge in [0.05, 0.1) is 0 Å². The summed E-state index contributed by atoms with van der Waals surface area (Å²) in [4.78, 5) is 10.9. The van der Waals surface area contributed by atoms with Gasteiger partial charge < -0.3 is 4.90 Å². The highest BCUT2D eigenvalue weighted by molar-refractivity contribution is 7.98. The molecule has 1 aromatic rings. The summed E-state index contributed by atoms with van der Waals surface area (Å²) < 4.78 is 0. The number of hydrogen-bond donors (Lipinski definition) is 0. The zero-order chi connectivity index (χ0) is 12.3. The standard InChI is InChI=1S/C12H18ClN3S/c1-16(9-6-4-3-5-7-9)11-8-10(13)14-12(15-11)17-2/h8-9H,3-7H2,1-2H3. The van der Waals surface area contributed by atoms with Crippen LogP contribution in [0.4, 0.5) is 5.82 Å². The molecule has 1 saturated carbocycles. The van der Waals surface area contributed by atoms with E-state index in [0.29, 0.717) is 11.2 Å². The van der Waals surface area contributed by atoms with Crippen LogP contribution in [0.1, 0.15) is 32.1 Å².